The number of carbonyl (C=O) groups excluding carboxylic acids is 4. The SMILES string of the molecule is COC(=O)[C@@H](NC(=O)[C@H](CC(N)=O)NC(=O)[C@@H](N)C(C)(C)SC(c1ccccc1)(c1ccccc1)c1ccccc1)C(C)OC(C)(C)C. The molecule has 3 aromatic carbocycles. The van der Waals surface area contributed by atoms with Crippen molar-refractivity contribution in [2.75, 3.05) is 7.11 Å². The monoisotopic (exact) mass is 676 g/mol. The van der Waals surface area contributed by atoms with Crippen molar-refractivity contribution in [2.45, 2.75) is 87.3 Å². The molecule has 10 nitrogen and oxygen atoms in total. The van der Waals surface area contributed by atoms with E-state index in [4.69, 9.17) is 20.9 Å². The topological polar surface area (TPSA) is 163 Å². The maximum Gasteiger partial charge on any atom is 0.331 e. The molecule has 258 valence electrons. The zero-order valence-electron chi connectivity index (χ0n) is 28.7. The van der Waals surface area contributed by atoms with Crippen LogP contribution in [0.15, 0.2) is 91.0 Å². The molecule has 3 rings (SSSR count). The van der Waals surface area contributed by atoms with E-state index in [1.54, 1.807) is 27.7 Å². The minimum Gasteiger partial charge on any atom is -0.467 e. The fraction of sp³-hybridized carbons (Fsp3) is 0.405. The van der Waals surface area contributed by atoms with Gasteiger partial charge in [-0.15, -0.1) is 11.8 Å². The van der Waals surface area contributed by atoms with Gasteiger partial charge in [-0.05, 0) is 58.2 Å². The number of rotatable bonds is 15. The summed E-state index contributed by atoms with van der Waals surface area (Å²) in [6, 6.07) is 26.1. The Morgan fingerprint density at radius 2 is 1.19 bits per heavy atom. The van der Waals surface area contributed by atoms with Crippen LogP contribution in [0, 0.1) is 0 Å². The number of ether oxygens (including phenoxy) is 2. The van der Waals surface area contributed by atoms with Crippen LogP contribution in [-0.2, 0) is 33.4 Å². The fourth-order valence-corrected chi connectivity index (χ4v) is 7.30. The number of hydrogen-bond acceptors (Lipinski definition) is 8. The van der Waals surface area contributed by atoms with Crippen LogP contribution >= 0.6 is 11.8 Å². The van der Waals surface area contributed by atoms with E-state index < -0.39 is 69.4 Å². The van der Waals surface area contributed by atoms with Crippen LogP contribution < -0.4 is 22.1 Å². The summed E-state index contributed by atoms with van der Waals surface area (Å²) in [6.45, 7) is 10.8. The molecule has 0 aliphatic heterocycles. The average Bonchev–Trinajstić information content (AvgIpc) is 3.05. The average molecular weight is 677 g/mol. The Morgan fingerprint density at radius 1 is 0.750 bits per heavy atom. The van der Waals surface area contributed by atoms with Crippen LogP contribution in [0.1, 0.15) is 64.7 Å². The van der Waals surface area contributed by atoms with Crippen LogP contribution in [0.25, 0.3) is 0 Å². The summed E-state index contributed by atoms with van der Waals surface area (Å²) < 4.78 is 9.04. The highest BCUT2D eigenvalue weighted by Crippen LogP contribution is 2.53. The first-order valence-electron chi connectivity index (χ1n) is 15.8. The van der Waals surface area contributed by atoms with Gasteiger partial charge in [-0.1, -0.05) is 91.0 Å². The summed E-state index contributed by atoms with van der Waals surface area (Å²) in [5, 5.41) is 5.20. The van der Waals surface area contributed by atoms with E-state index >= 15 is 0 Å². The molecule has 0 fully saturated rings. The molecule has 48 heavy (non-hydrogen) atoms. The van der Waals surface area contributed by atoms with Gasteiger partial charge in [0.2, 0.25) is 17.7 Å². The fourth-order valence-electron chi connectivity index (χ4n) is 5.52. The first-order chi connectivity index (χ1) is 22.5. The summed E-state index contributed by atoms with van der Waals surface area (Å²) in [6.07, 6.45) is -1.33. The Hall–Kier alpha value is -4.19. The molecular formula is C37H48N4O6S. The van der Waals surface area contributed by atoms with Gasteiger partial charge in [-0.2, -0.15) is 0 Å². The van der Waals surface area contributed by atoms with E-state index in [0.29, 0.717) is 0 Å². The number of nitrogens with two attached hydrogens (primary N) is 2. The van der Waals surface area contributed by atoms with E-state index in [9.17, 15) is 19.2 Å². The standard InChI is InChI=1S/C37H48N4O6S/c1-24(47-35(2,3)4)30(34(45)46-7)41-32(43)28(23-29(38)42)40-33(44)31(39)36(5,6)48-37(25-17-11-8-12-18-25,26-19-13-9-14-20-26)27-21-15-10-16-22-27/h8-22,24,28,30-31H,23,39H2,1-7H3,(H2,38,42)(H,40,44)(H,41,43)/t24?,28-,30-,31+/m0/s1. The van der Waals surface area contributed by atoms with Crippen molar-refractivity contribution in [3.05, 3.63) is 108 Å². The highest BCUT2D eigenvalue weighted by atomic mass is 32.2. The van der Waals surface area contributed by atoms with Gasteiger partial charge in [-0.25, -0.2) is 4.79 Å². The molecule has 0 aliphatic rings. The second-order valence-corrected chi connectivity index (χ2v) is 15.0. The molecule has 0 aliphatic carbocycles. The summed E-state index contributed by atoms with van der Waals surface area (Å²) >= 11 is 1.51. The second-order valence-electron chi connectivity index (χ2n) is 13.1. The third kappa shape index (κ3) is 9.68. The molecular weight excluding hydrogens is 628 g/mol. The molecule has 3 amide bonds. The molecule has 0 spiro atoms. The lowest BCUT2D eigenvalue weighted by Crippen LogP contribution is -2.60. The molecule has 11 heteroatoms. The Morgan fingerprint density at radius 3 is 1.56 bits per heavy atom. The highest BCUT2D eigenvalue weighted by Gasteiger charge is 2.46. The van der Waals surface area contributed by atoms with Crippen LogP contribution in [-0.4, -0.2) is 65.4 Å². The lowest BCUT2D eigenvalue weighted by molar-refractivity contribution is -0.153. The Labute approximate surface area is 287 Å². The lowest BCUT2D eigenvalue weighted by atomic mass is 9.84. The number of carbonyl (C=O) groups is 4. The van der Waals surface area contributed by atoms with Crippen molar-refractivity contribution in [3.8, 4) is 0 Å². The lowest BCUT2D eigenvalue weighted by Gasteiger charge is -2.43. The molecule has 0 bridgehead atoms. The minimum absolute atomic E-state index is 0.526. The second kappa shape index (κ2) is 16.3. The number of primary amides is 1. The quantitative estimate of drug-likeness (QED) is 0.139. The minimum atomic E-state index is -1.42. The number of amides is 3. The van der Waals surface area contributed by atoms with Gasteiger partial charge in [0.05, 0.1) is 36.0 Å². The van der Waals surface area contributed by atoms with Crippen molar-refractivity contribution < 1.29 is 28.7 Å². The number of methoxy groups -OCH3 is 1. The molecule has 3 aromatic rings. The zero-order valence-corrected chi connectivity index (χ0v) is 29.5. The first kappa shape index (κ1) is 38.3. The largest absolute Gasteiger partial charge is 0.467 e. The normalized spacial score (nSPS) is 14.6. The van der Waals surface area contributed by atoms with Crippen LogP contribution in [0.3, 0.4) is 0 Å². The molecule has 0 radical (unpaired) electrons. The van der Waals surface area contributed by atoms with E-state index in [2.05, 4.69) is 10.6 Å². The van der Waals surface area contributed by atoms with Crippen molar-refractivity contribution in [3.63, 3.8) is 0 Å². The van der Waals surface area contributed by atoms with Crippen LogP contribution in [0.4, 0.5) is 0 Å². The Bertz CT molecular complexity index is 1430. The number of benzene rings is 3. The predicted molar refractivity (Wildman–Crippen MR) is 189 cm³/mol. The third-order valence-corrected chi connectivity index (χ3v) is 9.58. The van der Waals surface area contributed by atoms with Gasteiger partial charge in [0.1, 0.15) is 6.04 Å². The third-order valence-electron chi connectivity index (χ3n) is 7.79. The van der Waals surface area contributed by atoms with Crippen molar-refractivity contribution in [2.24, 2.45) is 11.5 Å². The summed E-state index contributed by atoms with van der Waals surface area (Å²) in [5.74, 6) is -3.07. The Kier molecular flexibility index (Phi) is 13.0. The number of nitrogens with one attached hydrogen (secondary N) is 2. The van der Waals surface area contributed by atoms with E-state index in [0.717, 1.165) is 16.7 Å². The Balaban J connectivity index is 1.97. The molecule has 4 atom stereocenters. The molecule has 1 unspecified atom stereocenters. The predicted octanol–water partition coefficient (Wildman–Crippen LogP) is 4.04. The van der Waals surface area contributed by atoms with Crippen molar-refractivity contribution >= 4 is 35.5 Å². The van der Waals surface area contributed by atoms with Gasteiger partial charge in [0.15, 0.2) is 6.04 Å². The van der Waals surface area contributed by atoms with Crippen molar-refractivity contribution in [1.82, 2.24) is 10.6 Å². The summed E-state index contributed by atoms with van der Waals surface area (Å²) in [5.41, 5.74) is 14.5. The van der Waals surface area contributed by atoms with Gasteiger partial charge in [0.25, 0.3) is 0 Å². The summed E-state index contributed by atoms with van der Waals surface area (Å²) in [7, 11) is 1.19. The van der Waals surface area contributed by atoms with E-state index in [1.807, 2.05) is 105 Å². The van der Waals surface area contributed by atoms with Gasteiger partial charge in [0, 0.05) is 4.75 Å². The van der Waals surface area contributed by atoms with E-state index in [1.165, 1.54) is 18.9 Å². The van der Waals surface area contributed by atoms with E-state index in [-0.39, 0.29) is 0 Å². The maximum absolute atomic E-state index is 13.9. The van der Waals surface area contributed by atoms with Gasteiger partial charge in [-0.3, -0.25) is 14.4 Å². The molecule has 0 heterocycles. The first-order valence-corrected chi connectivity index (χ1v) is 16.6. The number of hydrogen-bond donors (Lipinski definition) is 4. The van der Waals surface area contributed by atoms with Crippen molar-refractivity contribution in [1.29, 1.82) is 0 Å². The summed E-state index contributed by atoms with van der Waals surface area (Å²) in [4.78, 5) is 52.1. The molecule has 0 saturated heterocycles. The number of esters is 1. The van der Waals surface area contributed by atoms with Gasteiger partial charge < -0.3 is 31.6 Å². The number of thioether (sulfide) groups is 1. The van der Waals surface area contributed by atoms with Crippen LogP contribution in [0.5, 0.6) is 0 Å². The molecule has 6 N–H and O–H groups in total. The molecule has 0 saturated carbocycles. The maximum atomic E-state index is 13.9. The van der Waals surface area contributed by atoms with Crippen LogP contribution in [0.2, 0.25) is 0 Å². The zero-order chi connectivity index (χ0) is 35.7. The highest BCUT2D eigenvalue weighted by molar-refractivity contribution is 8.02. The molecule has 0 aromatic heterocycles. The smallest absolute Gasteiger partial charge is 0.331 e. The van der Waals surface area contributed by atoms with Gasteiger partial charge >= 0.3 is 5.97 Å².